The topological polar surface area (TPSA) is 92.5 Å². The highest BCUT2D eigenvalue weighted by molar-refractivity contribution is 7.88. The Morgan fingerprint density at radius 1 is 1.29 bits per heavy atom. The van der Waals surface area contributed by atoms with E-state index in [9.17, 15) is 8.42 Å². The van der Waals surface area contributed by atoms with Gasteiger partial charge in [0, 0.05) is 31.5 Å². The fourth-order valence-electron chi connectivity index (χ4n) is 2.66. The summed E-state index contributed by atoms with van der Waals surface area (Å²) in [4.78, 5) is 6.54. The predicted octanol–water partition coefficient (Wildman–Crippen LogP) is -0.0493. The number of piperidine rings is 1. The summed E-state index contributed by atoms with van der Waals surface area (Å²) in [5, 5.41) is 8.24. The molecule has 0 spiro atoms. The zero-order chi connectivity index (χ0) is 15.0. The van der Waals surface area contributed by atoms with Gasteiger partial charge in [-0.3, -0.25) is 4.40 Å². The molecule has 1 fully saturated rings. The van der Waals surface area contributed by atoms with Crippen LogP contribution in [0.15, 0.2) is 12.4 Å². The summed E-state index contributed by atoms with van der Waals surface area (Å²) in [5.74, 6) is 1.62. The molecule has 0 atom stereocenters. The van der Waals surface area contributed by atoms with E-state index in [0.29, 0.717) is 0 Å². The second kappa shape index (κ2) is 5.23. The molecule has 1 saturated heterocycles. The Morgan fingerprint density at radius 3 is 2.67 bits per heavy atom. The van der Waals surface area contributed by atoms with E-state index in [1.54, 1.807) is 6.20 Å². The summed E-state index contributed by atoms with van der Waals surface area (Å²) in [7, 11) is -3.15. The molecule has 21 heavy (non-hydrogen) atoms. The molecule has 0 unspecified atom stereocenters. The molecule has 9 heteroatoms. The molecular weight excluding hydrogens is 292 g/mol. The third kappa shape index (κ3) is 2.98. The Balaban J connectivity index is 1.77. The zero-order valence-corrected chi connectivity index (χ0v) is 12.8. The Morgan fingerprint density at radius 2 is 2.00 bits per heavy atom. The summed E-state index contributed by atoms with van der Waals surface area (Å²) >= 11 is 0. The molecule has 1 N–H and O–H groups in total. The van der Waals surface area contributed by atoms with E-state index in [4.69, 9.17) is 0 Å². The van der Waals surface area contributed by atoms with Gasteiger partial charge in [0.2, 0.25) is 15.7 Å². The van der Waals surface area contributed by atoms with Crippen molar-refractivity contribution in [1.29, 1.82) is 0 Å². The maximum Gasteiger partial charge on any atom is 0.208 e. The van der Waals surface area contributed by atoms with Gasteiger partial charge >= 0.3 is 0 Å². The van der Waals surface area contributed by atoms with Crippen molar-refractivity contribution in [3.8, 4) is 0 Å². The predicted molar refractivity (Wildman–Crippen MR) is 78.7 cm³/mol. The highest BCUT2D eigenvalue weighted by Gasteiger charge is 2.24. The largest absolute Gasteiger partial charge is 0.353 e. The van der Waals surface area contributed by atoms with Crippen molar-refractivity contribution in [2.24, 2.45) is 0 Å². The van der Waals surface area contributed by atoms with Crippen molar-refractivity contribution >= 4 is 21.5 Å². The highest BCUT2D eigenvalue weighted by atomic mass is 32.2. The number of anilines is 1. The number of rotatable bonds is 3. The fraction of sp³-hybridized carbons (Fsp3) is 0.583. The number of aryl methyl sites for hydroxylation is 1. The molecule has 2 aromatic heterocycles. The van der Waals surface area contributed by atoms with Crippen LogP contribution in [0.25, 0.3) is 5.65 Å². The van der Waals surface area contributed by atoms with Crippen LogP contribution < -0.4 is 9.62 Å². The molecule has 3 rings (SSSR count). The van der Waals surface area contributed by atoms with Gasteiger partial charge in [0.1, 0.15) is 5.82 Å². The van der Waals surface area contributed by atoms with Gasteiger partial charge in [0.25, 0.3) is 0 Å². The van der Waals surface area contributed by atoms with E-state index in [1.807, 2.05) is 17.5 Å². The first kappa shape index (κ1) is 14.2. The quantitative estimate of drug-likeness (QED) is 0.854. The lowest BCUT2D eigenvalue weighted by molar-refractivity contribution is 0.460. The van der Waals surface area contributed by atoms with E-state index in [1.165, 1.54) is 6.26 Å². The molecule has 8 nitrogen and oxygen atoms in total. The van der Waals surface area contributed by atoms with E-state index >= 15 is 0 Å². The normalized spacial score (nSPS) is 17.5. The summed E-state index contributed by atoms with van der Waals surface area (Å²) in [6.07, 6.45) is 6.28. The van der Waals surface area contributed by atoms with Crippen LogP contribution >= 0.6 is 0 Å². The van der Waals surface area contributed by atoms with Crippen LogP contribution in [0, 0.1) is 6.92 Å². The van der Waals surface area contributed by atoms with Crippen molar-refractivity contribution < 1.29 is 8.42 Å². The van der Waals surface area contributed by atoms with Crippen LogP contribution in [0.4, 0.5) is 5.82 Å². The van der Waals surface area contributed by atoms with Gasteiger partial charge in [0.15, 0.2) is 5.82 Å². The molecule has 114 valence electrons. The molecule has 0 radical (unpaired) electrons. The molecule has 0 bridgehead atoms. The fourth-order valence-corrected chi connectivity index (χ4v) is 3.50. The second-order valence-electron chi connectivity index (χ2n) is 5.34. The number of fused-ring (bicyclic) bond motifs is 1. The lowest BCUT2D eigenvalue weighted by Crippen LogP contribution is -2.44. The maximum atomic E-state index is 11.3. The van der Waals surface area contributed by atoms with E-state index in [0.717, 1.165) is 43.2 Å². The van der Waals surface area contributed by atoms with Crippen LogP contribution in [0.2, 0.25) is 0 Å². The maximum absolute atomic E-state index is 11.3. The van der Waals surface area contributed by atoms with Crippen molar-refractivity contribution in [2.75, 3.05) is 24.2 Å². The number of nitrogens with zero attached hydrogens (tertiary/aromatic N) is 5. The van der Waals surface area contributed by atoms with Crippen LogP contribution in [-0.2, 0) is 10.0 Å². The number of hydrogen-bond acceptors (Lipinski definition) is 6. The van der Waals surface area contributed by atoms with Gasteiger partial charge in [-0.2, -0.15) is 0 Å². The van der Waals surface area contributed by atoms with Gasteiger partial charge in [-0.15, -0.1) is 10.2 Å². The summed E-state index contributed by atoms with van der Waals surface area (Å²) in [6.45, 7) is 3.38. The molecule has 1 aliphatic rings. The number of hydrogen-bond donors (Lipinski definition) is 1. The lowest BCUT2D eigenvalue weighted by Gasteiger charge is -2.32. The molecule has 0 saturated carbocycles. The van der Waals surface area contributed by atoms with E-state index in [2.05, 4.69) is 24.8 Å². The van der Waals surface area contributed by atoms with Gasteiger partial charge in [-0.25, -0.2) is 18.1 Å². The van der Waals surface area contributed by atoms with Crippen LogP contribution in [0.3, 0.4) is 0 Å². The Kier molecular flexibility index (Phi) is 3.54. The van der Waals surface area contributed by atoms with Crippen molar-refractivity contribution in [3.63, 3.8) is 0 Å². The molecule has 0 aliphatic carbocycles. The smallest absolute Gasteiger partial charge is 0.208 e. The first-order chi connectivity index (χ1) is 9.94. The van der Waals surface area contributed by atoms with Crippen LogP contribution in [-0.4, -0.2) is 53.4 Å². The average molecular weight is 310 g/mol. The summed E-state index contributed by atoms with van der Waals surface area (Å²) in [5.41, 5.74) is 0.740. The van der Waals surface area contributed by atoms with Crippen molar-refractivity contribution in [3.05, 3.63) is 18.2 Å². The van der Waals surface area contributed by atoms with E-state index in [-0.39, 0.29) is 6.04 Å². The van der Waals surface area contributed by atoms with E-state index < -0.39 is 10.0 Å². The van der Waals surface area contributed by atoms with Crippen molar-refractivity contribution in [2.45, 2.75) is 25.8 Å². The molecule has 2 aromatic rings. The molecule has 3 heterocycles. The molecule has 1 aliphatic heterocycles. The van der Waals surface area contributed by atoms with Crippen LogP contribution in [0.5, 0.6) is 0 Å². The zero-order valence-electron chi connectivity index (χ0n) is 12.0. The molecule has 0 aromatic carbocycles. The van der Waals surface area contributed by atoms with Gasteiger partial charge in [-0.1, -0.05) is 0 Å². The second-order valence-corrected chi connectivity index (χ2v) is 7.12. The minimum absolute atomic E-state index is 0.00408. The Bertz CT molecular complexity index is 748. The number of nitrogens with one attached hydrogen (secondary N) is 1. The minimum atomic E-state index is -3.15. The Hall–Kier alpha value is -1.74. The lowest BCUT2D eigenvalue weighted by atomic mass is 10.1. The molecule has 0 amide bonds. The monoisotopic (exact) mass is 310 g/mol. The number of aromatic nitrogens is 4. The molecular formula is C12H18N6O2S. The third-order valence-corrected chi connectivity index (χ3v) is 4.42. The van der Waals surface area contributed by atoms with Gasteiger partial charge in [-0.05, 0) is 19.8 Å². The SMILES string of the molecule is Cc1nnc2c(N3CCC(NS(C)(=O)=O)CC3)nccn12. The average Bonchev–Trinajstić information content (AvgIpc) is 2.80. The minimum Gasteiger partial charge on any atom is -0.353 e. The first-order valence-electron chi connectivity index (χ1n) is 6.82. The third-order valence-electron chi connectivity index (χ3n) is 3.65. The standard InChI is InChI=1S/C12H18N6O2S/c1-9-14-15-12-11(13-5-8-18(9)12)17-6-3-10(4-7-17)16-21(2,19)20/h5,8,10,16H,3-4,6-7H2,1-2H3. The van der Waals surface area contributed by atoms with Crippen molar-refractivity contribution in [1.82, 2.24) is 24.3 Å². The number of sulfonamides is 1. The summed E-state index contributed by atoms with van der Waals surface area (Å²) < 4.78 is 27.1. The summed E-state index contributed by atoms with van der Waals surface area (Å²) in [6, 6.07) is -0.00408. The van der Waals surface area contributed by atoms with Gasteiger partial charge in [0.05, 0.1) is 6.26 Å². The van der Waals surface area contributed by atoms with Gasteiger partial charge < -0.3 is 4.90 Å². The first-order valence-corrected chi connectivity index (χ1v) is 8.72. The van der Waals surface area contributed by atoms with Crippen LogP contribution in [0.1, 0.15) is 18.7 Å². The highest BCUT2D eigenvalue weighted by Crippen LogP contribution is 2.22. The Labute approximate surface area is 123 Å².